The Bertz CT molecular complexity index is 364. The third-order valence-corrected chi connectivity index (χ3v) is 2.24. The lowest BCUT2D eigenvalue weighted by molar-refractivity contribution is 0.442. The molecule has 0 atom stereocenters. The highest BCUT2D eigenvalue weighted by molar-refractivity contribution is 5.76. The molecule has 0 unspecified atom stereocenters. The number of nitrogens with zero attached hydrogens (tertiary/aromatic N) is 1. The first-order valence-electron chi connectivity index (χ1n) is 5.51. The molecule has 0 spiro atoms. The van der Waals surface area contributed by atoms with Crippen molar-refractivity contribution in [2.45, 2.75) is 20.8 Å². The maximum atomic E-state index is 4.34. The standard InChI is InChI=1S/C13H21N3/c1-6-10-7-8-15-12(11(10)14-5)16-9-13(2,3)4/h6-8,14H,1,9H2,2-5H3,(H,15,16). The first-order valence-corrected chi connectivity index (χ1v) is 5.51. The Kier molecular flexibility index (Phi) is 3.93. The molecule has 1 heterocycles. The molecule has 0 saturated carbocycles. The molecule has 0 radical (unpaired) electrons. The van der Waals surface area contributed by atoms with Gasteiger partial charge in [-0.15, -0.1) is 0 Å². The van der Waals surface area contributed by atoms with Crippen LogP contribution in [0.4, 0.5) is 11.5 Å². The number of hydrogen-bond donors (Lipinski definition) is 2. The fraction of sp³-hybridized carbons (Fsp3) is 0.462. The summed E-state index contributed by atoms with van der Waals surface area (Å²) >= 11 is 0. The van der Waals surface area contributed by atoms with E-state index in [1.54, 1.807) is 6.20 Å². The van der Waals surface area contributed by atoms with Gasteiger partial charge in [-0.25, -0.2) is 4.98 Å². The number of nitrogens with one attached hydrogen (secondary N) is 2. The van der Waals surface area contributed by atoms with Crippen LogP contribution in [0.1, 0.15) is 26.3 Å². The highest BCUT2D eigenvalue weighted by Crippen LogP contribution is 2.25. The monoisotopic (exact) mass is 219 g/mol. The zero-order chi connectivity index (χ0) is 12.2. The Hall–Kier alpha value is -1.51. The van der Waals surface area contributed by atoms with Crippen molar-refractivity contribution in [1.29, 1.82) is 0 Å². The maximum absolute atomic E-state index is 4.34. The molecular formula is C13H21N3. The van der Waals surface area contributed by atoms with Gasteiger partial charge in [0.15, 0.2) is 0 Å². The van der Waals surface area contributed by atoms with E-state index in [-0.39, 0.29) is 5.41 Å². The third kappa shape index (κ3) is 3.26. The molecule has 1 aromatic heterocycles. The van der Waals surface area contributed by atoms with Crippen LogP contribution in [-0.2, 0) is 0 Å². The minimum absolute atomic E-state index is 0.233. The predicted molar refractivity (Wildman–Crippen MR) is 71.8 cm³/mol. The SMILES string of the molecule is C=Cc1ccnc(NCC(C)(C)C)c1NC. The zero-order valence-electron chi connectivity index (χ0n) is 10.6. The lowest BCUT2D eigenvalue weighted by Crippen LogP contribution is -2.20. The van der Waals surface area contributed by atoms with Gasteiger partial charge in [-0.2, -0.15) is 0 Å². The van der Waals surface area contributed by atoms with Gasteiger partial charge in [0.05, 0.1) is 5.69 Å². The average molecular weight is 219 g/mol. The lowest BCUT2D eigenvalue weighted by Gasteiger charge is -2.21. The topological polar surface area (TPSA) is 37.0 Å². The van der Waals surface area contributed by atoms with Gasteiger partial charge in [0.2, 0.25) is 0 Å². The van der Waals surface area contributed by atoms with Gasteiger partial charge in [-0.05, 0) is 11.5 Å². The first kappa shape index (κ1) is 12.6. The van der Waals surface area contributed by atoms with Crippen molar-refractivity contribution in [2.24, 2.45) is 5.41 Å². The summed E-state index contributed by atoms with van der Waals surface area (Å²) in [4.78, 5) is 4.34. The van der Waals surface area contributed by atoms with Crippen LogP contribution in [0.2, 0.25) is 0 Å². The fourth-order valence-electron chi connectivity index (χ4n) is 1.39. The van der Waals surface area contributed by atoms with Crippen LogP contribution in [0.3, 0.4) is 0 Å². The van der Waals surface area contributed by atoms with Gasteiger partial charge in [-0.3, -0.25) is 0 Å². The van der Waals surface area contributed by atoms with Crippen molar-refractivity contribution < 1.29 is 0 Å². The number of pyridine rings is 1. The largest absolute Gasteiger partial charge is 0.385 e. The summed E-state index contributed by atoms with van der Waals surface area (Å²) in [5.74, 6) is 0.884. The van der Waals surface area contributed by atoms with Gasteiger partial charge < -0.3 is 10.6 Å². The molecule has 3 nitrogen and oxygen atoms in total. The van der Waals surface area contributed by atoms with E-state index in [0.29, 0.717) is 0 Å². The van der Waals surface area contributed by atoms with Crippen LogP contribution in [0.5, 0.6) is 0 Å². The van der Waals surface area contributed by atoms with Crippen LogP contribution in [-0.4, -0.2) is 18.6 Å². The van der Waals surface area contributed by atoms with Gasteiger partial charge in [-0.1, -0.05) is 33.4 Å². The molecule has 0 fully saturated rings. The molecule has 0 aliphatic rings. The van der Waals surface area contributed by atoms with Gasteiger partial charge in [0, 0.05) is 25.4 Å². The third-order valence-electron chi connectivity index (χ3n) is 2.24. The normalized spacial score (nSPS) is 11.0. The Morgan fingerprint density at radius 2 is 2.12 bits per heavy atom. The summed E-state index contributed by atoms with van der Waals surface area (Å²) in [6.07, 6.45) is 3.62. The minimum atomic E-state index is 0.233. The second kappa shape index (κ2) is 5.01. The summed E-state index contributed by atoms with van der Waals surface area (Å²) < 4.78 is 0. The fourth-order valence-corrected chi connectivity index (χ4v) is 1.39. The molecule has 88 valence electrons. The molecule has 0 saturated heterocycles. The van der Waals surface area contributed by atoms with E-state index in [4.69, 9.17) is 0 Å². The molecule has 1 rings (SSSR count). The lowest BCUT2D eigenvalue weighted by atomic mass is 9.97. The van der Waals surface area contributed by atoms with Crippen LogP contribution in [0.25, 0.3) is 6.08 Å². The second-order valence-electron chi connectivity index (χ2n) is 4.99. The van der Waals surface area contributed by atoms with Gasteiger partial charge in [0.1, 0.15) is 5.82 Å². The minimum Gasteiger partial charge on any atom is -0.385 e. The summed E-state index contributed by atoms with van der Waals surface area (Å²) in [5, 5.41) is 6.51. The number of hydrogen-bond acceptors (Lipinski definition) is 3. The van der Waals surface area contributed by atoms with E-state index >= 15 is 0 Å². The molecule has 0 aromatic carbocycles. The quantitative estimate of drug-likeness (QED) is 0.816. The van der Waals surface area contributed by atoms with Crippen LogP contribution in [0, 0.1) is 5.41 Å². The summed E-state index contributed by atoms with van der Waals surface area (Å²) in [6.45, 7) is 11.3. The van der Waals surface area contributed by atoms with E-state index < -0.39 is 0 Å². The van der Waals surface area contributed by atoms with Crippen molar-refractivity contribution in [2.75, 3.05) is 24.2 Å². The van der Waals surface area contributed by atoms with Crippen molar-refractivity contribution >= 4 is 17.6 Å². The molecule has 3 heteroatoms. The molecule has 1 aromatic rings. The van der Waals surface area contributed by atoms with Crippen molar-refractivity contribution in [3.05, 3.63) is 24.4 Å². The van der Waals surface area contributed by atoms with E-state index in [2.05, 4.69) is 43.0 Å². The Morgan fingerprint density at radius 3 is 2.62 bits per heavy atom. The van der Waals surface area contributed by atoms with E-state index in [0.717, 1.165) is 23.6 Å². The van der Waals surface area contributed by atoms with E-state index in [9.17, 15) is 0 Å². The Labute approximate surface area is 98.0 Å². The first-order chi connectivity index (χ1) is 7.48. The number of rotatable bonds is 4. The number of aromatic nitrogens is 1. The molecule has 0 bridgehead atoms. The second-order valence-corrected chi connectivity index (χ2v) is 4.99. The highest BCUT2D eigenvalue weighted by atomic mass is 15.0. The predicted octanol–water partition coefficient (Wildman–Crippen LogP) is 3.22. The molecule has 0 aliphatic carbocycles. The van der Waals surface area contributed by atoms with Crippen LogP contribution < -0.4 is 10.6 Å². The molecule has 16 heavy (non-hydrogen) atoms. The maximum Gasteiger partial charge on any atom is 0.149 e. The van der Waals surface area contributed by atoms with E-state index in [1.807, 2.05) is 19.2 Å². The molecular weight excluding hydrogens is 198 g/mol. The van der Waals surface area contributed by atoms with Crippen molar-refractivity contribution in [3.8, 4) is 0 Å². The zero-order valence-corrected chi connectivity index (χ0v) is 10.6. The number of anilines is 2. The smallest absolute Gasteiger partial charge is 0.149 e. The summed E-state index contributed by atoms with van der Waals surface area (Å²) in [5.41, 5.74) is 2.30. The molecule has 0 amide bonds. The van der Waals surface area contributed by atoms with Crippen LogP contribution >= 0.6 is 0 Å². The van der Waals surface area contributed by atoms with Crippen LogP contribution in [0.15, 0.2) is 18.8 Å². The molecule has 0 aliphatic heterocycles. The average Bonchev–Trinajstić information content (AvgIpc) is 2.24. The Morgan fingerprint density at radius 1 is 1.44 bits per heavy atom. The van der Waals surface area contributed by atoms with Crippen molar-refractivity contribution in [1.82, 2.24) is 4.98 Å². The van der Waals surface area contributed by atoms with Gasteiger partial charge >= 0.3 is 0 Å². The summed E-state index contributed by atoms with van der Waals surface area (Å²) in [7, 11) is 1.90. The molecule has 2 N–H and O–H groups in total. The Balaban J connectivity index is 2.91. The van der Waals surface area contributed by atoms with Gasteiger partial charge in [0.25, 0.3) is 0 Å². The summed E-state index contributed by atoms with van der Waals surface area (Å²) in [6, 6.07) is 1.95. The highest BCUT2D eigenvalue weighted by Gasteiger charge is 2.12. The van der Waals surface area contributed by atoms with Crippen molar-refractivity contribution in [3.63, 3.8) is 0 Å². The van der Waals surface area contributed by atoms with E-state index in [1.165, 1.54) is 0 Å².